The number of carbonyl (C=O) groups is 1. The predicted octanol–water partition coefficient (Wildman–Crippen LogP) is 4.28. The van der Waals surface area contributed by atoms with Crippen molar-refractivity contribution < 1.29 is 9.53 Å². The summed E-state index contributed by atoms with van der Waals surface area (Å²) < 4.78 is 6.95. The number of ether oxygens (including phenoxy) is 1. The highest BCUT2D eigenvalue weighted by Gasteiger charge is 2.11. The van der Waals surface area contributed by atoms with E-state index in [0.717, 1.165) is 11.1 Å². The van der Waals surface area contributed by atoms with E-state index in [1.807, 2.05) is 54.6 Å². The number of aromatic nitrogens is 4. The second kappa shape index (κ2) is 8.41. The number of rotatable bonds is 6. The lowest BCUT2D eigenvalue weighted by Crippen LogP contribution is -2.07. The molecule has 0 aliphatic heterocycles. The summed E-state index contributed by atoms with van der Waals surface area (Å²) in [4.78, 5) is 12.0. The maximum atomic E-state index is 12.0. The fraction of sp³-hybridized carbons (Fsp3) is 0.100. The van der Waals surface area contributed by atoms with Gasteiger partial charge in [0, 0.05) is 10.6 Å². The van der Waals surface area contributed by atoms with Gasteiger partial charge in [0.05, 0.1) is 5.75 Å². The lowest BCUT2D eigenvalue weighted by Gasteiger charge is -2.05. The second-order valence-electron chi connectivity index (χ2n) is 5.91. The molecule has 140 valence electrons. The third kappa shape index (κ3) is 4.32. The molecule has 4 aromatic rings. The topological polar surface area (TPSA) is 69.4 Å². The quantitative estimate of drug-likeness (QED) is 0.349. The third-order valence-corrected chi connectivity index (χ3v) is 5.07. The van der Waals surface area contributed by atoms with Gasteiger partial charge >= 0.3 is 5.97 Å². The first-order valence-electron chi connectivity index (χ1n) is 8.50. The summed E-state index contributed by atoms with van der Waals surface area (Å²) in [6.45, 7) is 0.263. The van der Waals surface area contributed by atoms with E-state index >= 15 is 0 Å². The molecule has 0 spiro atoms. The molecular formula is C20H15ClN4O2S. The van der Waals surface area contributed by atoms with Crippen LogP contribution < -0.4 is 0 Å². The van der Waals surface area contributed by atoms with Crippen LogP contribution in [0.25, 0.3) is 17.0 Å². The standard InChI is InChI=1S/C20H15ClN4O2S/c21-16-8-6-15(7-9-16)20-23-22-17-10-11-18(24-25(17)20)28-13-19(26)27-12-14-4-2-1-3-5-14/h1-11H,12-13H2. The van der Waals surface area contributed by atoms with Gasteiger partial charge in [-0.05, 0) is 42.0 Å². The highest BCUT2D eigenvalue weighted by atomic mass is 35.5. The van der Waals surface area contributed by atoms with Gasteiger partial charge in [0.1, 0.15) is 11.6 Å². The molecule has 0 bridgehead atoms. The van der Waals surface area contributed by atoms with Crippen molar-refractivity contribution in [3.63, 3.8) is 0 Å². The Bertz CT molecular complexity index is 1100. The Morgan fingerprint density at radius 2 is 1.79 bits per heavy atom. The van der Waals surface area contributed by atoms with Crippen LogP contribution in [0.1, 0.15) is 5.56 Å². The molecule has 0 amide bonds. The summed E-state index contributed by atoms with van der Waals surface area (Å²) in [5.74, 6) is 0.488. The number of thioether (sulfide) groups is 1. The van der Waals surface area contributed by atoms with Gasteiger partial charge in [0.25, 0.3) is 0 Å². The van der Waals surface area contributed by atoms with E-state index in [4.69, 9.17) is 16.3 Å². The largest absolute Gasteiger partial charge is 0.460 e. The van der Waals surface area contributed by atoms with E-state index in [1.165, 1.54) is 11.8 Å². The fourth-order valence-electron chi connectivity index (χ4n) is 2.54. The molecule has 0 saturated carbocycles. The van der Waals surface area contributed by atoms with Crippen molar-refractivity contribution in [1.82, 2.24) is 19.8 Å². The van der Waals surface area contributed by atoms with Crippen molar-refractivity contribution in [3.8, 4) is 11.4 Å². The zero-order valence-electron chi connectivity index (χ0n) is 14.7. The van der Waals surface area contributed by atoms with Gasteiger partial charge in [0.15, 0.2) is 11.5 Å². The molecule has 0 fully saturated rings. The van der Waals surface area contributed by atoms with Gasteiger partial charge in [-0.15, -0.1) is 10.2 Å². The molecule has 0 atom stereocenters. The molecule has 6 nitrogen and oxygen atoms in total. The molecule has 2 heterocycles. The van der Waals surface area contributed by atoms with Crippen LogP contribution in [0, 0.1) is 0 Å². The Hall–Kier alpha value is -2.90. The number of fused-ring (bicyclic) bond motifs is 1. The first kappa shape index (κ1) is 18.5. The number of hydrogen-bond donors (Lipinski definition) is 0. The summed E-state index contributed by atoms with van der Waals surface area (Å²) >= 11 is 7.25. The average molecular weight is 411 g/mol. The Morgan fingerprint density at radius 1 is 1.00 bits per heavy atom. The minimum Gasteiger partial charge on any atom is -0.460 e. The van der Waals surface area contributed by atoms with E-state index in [2.05, 4.69) is 15.3 Å². The lowest BCUT2D eigenvalue weighted by atomic mass is 10.2. The Morgan fingerprint density at radius 3 is 2.57 bits per heavy atom. The van der Waals surface area contributed by atoms with Crippen molar-refractivity contribution in [2.75, 3.05) is 5.75 Å². The van der Waals surface area contributed by atoms with Gasteiger partial charge in [-0.1, -0.05) is 53.7 Å². The normalized spacial score (nSPS) is 10.9. The number of benzene rings is 2. The van der Waals surface area contributed by atoms with Crippen LogP contribution in [0.3, 0.4) is 0 Å². The Labute approximate surface area is 170 Å². The van der Waals surface area contributed by atoms with Crippen molar-refractivity contribution in [1.29, 1.82) is 0 Å². The number of halogens is 1. The Balaban J connectivity index is 1.43. The molecule has 28 heavy (non-hydrogen) atoms. The zero-order valence-corrected chi connectivity index (χ0v) is 16.2. The number of nitrogens with zero attached hydrogens (tertiary/aromatic N) is 4. The summed E-state index contributed by atoms with van der Waals surface area (Å²) in [5.41, 5.74) is 2.44. The van der Waals surface area contributed by atoms with Crippen LogP contribution >= 0.6 is 23.4 Å². The van der Waals surface area contributed by atoms with Crippen LogP contribution in [0.5, 0.6) is 0 Å². The van der Waals surface area contributed by atoms with Crippen molar-refractivity contribution in [2.24, 2.45) is 0 Å². The van der Waals surface area contributed by atoms with Crippen molar-refractivity contribution in [3.05, 3.63) is 77.3 Å². The van der Waals surface area contributed by atoms with Crippen LogP contribution in [-0.4, -0.2) is 31.5 Å². The molecule has 2 aromatic heterocycles. The first-order chi connectivity index (χ1) is 13.7. The Kier molecular flexibility index (Phi) is 5.55. The number of esters is 1. The van der Waals surface area contributed by atoms with Crippen molar-refractivity contribution in [2.45, 2.75) is 11.6 Å². The van der Waals surface area contributed by atoms with Gasteiger partial charge in [-0.2, -0.15) is 9.61 Å². The van der Waals surface area contributed by atoms with Crippen molar-refractivity contribution >= 4 is 35.0 Å². The highest BCUT2D eigenvalue weighted by molar-refractivity contribution is 7.99. The van der Waals surface area contributed by atoms with Crippen LogP contribution in [0.2, 0.25) is 5.02 Å². The van der Waals surface area contributed by atoms with Gasteiger partial charge in [0.2, 0.25) is 0 Å². The smallest absolute Gasteiger partial charge is 0.316 e. The maximum absolute atomic E-state index is 12.0. The summed E-state index contributed by atoms with van der Waals surface area (Å²) in [6.07, 6.45) is 0. The van der Waals surface area contributed by atoms with E-state index in [9.17, 15) is 4.79 Å². The number of hydrogen-bond acceptors (Lipinski definition) is 6. The average Bonchev–Trinajstić information content (AvgIpc) is 3.15. The predicted molar refractivity (Wildman–Crippen MR) is 108 cm³/mol. The van der Waals surface area contributed by atoms with Crippen LogP contribution in [0.4, 0.5) is 0 Å². The molecule has 0 aliphatic carbocycles. The third-order valence-electron chi connectivity index (χ3n) is 3.92. The minimum atomic E-state index is -0.294. The van der Waals surface area contributed by atoms with E-state index in [1.54, 1.807) is 16.6 Å². The molecule has 0 aliphatic rings. The van der Waals surface area contributed by atoms with E-state index in [0.29, 0.717) is 21.5 Å². The van der Waals surface area contributed by atoms with Gasteiger partial charge in [-0.3, -0.25) is 4.79 Å². The SMILES string of the molecule is O=C(CSc1ccc2nnc(-c3ccc(Cl)cc3)n2n1)OCc1ccccc1. The second-order valence-corrected chi connectivity index (χ2v) is 7.34. The lowest BCUT2D eigenvalue weighted by molar-refractivity contribution is -0.141. The summed E-state index contributed by atoms with van der Waals surface area (Å²) in [6, 6.07) is 20.5. The van der Waals surface area contributed by atoms with Crippen LogP contribution in [0.15, 0.2) is 71.8 Å². The van der Waals surface area contributed by atoms with E-state index in [-0.39, 0.29) is 18.3 Å². The highest BCUT2D eigenvalue weighted by Crippen LogP contribution is 2.22. The molecule has 0 saturated heterocycles. The zero-order chi connectivity index (χ0) is 19.3. The summed E-state index contributed by atoms with van der Waals surface area (Å²) in [5, 5.41) is 14.2. The maximum Gasteiger partial charge on any atom is 0.316 e. The molecule has 0 radical (unpaired) electrons. The minimum absolute atomic E-state index is 0.170. The fourth-order valence-corrected chi connectivity index (χ4v) is 3.32. The van der Waals surface area contributed by atoms with E-state index < -0.39 is 0 Å². The molecule has 0 unspecified atom stereocenters. The molecule has 8 heteroatoms. The molecule has 4 rings (SSSR count). The van der Waals surface area contributed by atoms with Crippen LogP contribution in [-0.2, 0) is 16.1 Å². The van der Waals surface area contributed by atoms with Gasteiger partial charge < -0.3 is 4.74 Å². The molecular weight excluding hydrogens is 396 g/mol. The van der Waals surface area contributed by atoms with Gasteiger partial charge in [-0.25, -0.2) is 0 Å². The molecule has 2 aromatic carbocycles. The monoisotopic (exact) mass is 410 g/mol. The number of carbonyl (C=O) groups excluding carboxylic acids is 1. The first-order valence-corrected chi connectivity index (χ1v) is 9.86. The summed E-state index contributed by atoms with van der Waals surface area (Å²) in [7, 11) is 0. The molecule has 0 N–H and O–H groups in total.